The molecule has 0 bridgehead atoms. The summed E-state index contributed by atoms with van der Waals surface area (Å²) in [5, 5.41) is 0.139. The van der Waals surface area contributed by atoms with E-state index in [0.717, 1.165) is 25.7 Å². The first-order valence-electron chi connectivity index (χ1n) is 9.67. The zero-order valence-corrected chi connectivity index (χ0v) is 16.9. The Morgan fingerprint density at radius 1 is 1.15 bits per heavy atom. The van der Waals surface area contributed by atoms with Crippen LogP contribution in [-0.4, -0.2) is 17.1 Å². The van der Waals surface area contributed by atoms with Crippen molar-refractivity contribution >= 4 is 23.2 Å². The summed E-state index contributed by atoms with van der Waals surface area (Å²) in [6.07, 6.45) is 4.49. The number of ether oxygens (including phenoxy) is 2. The van der Waals surface area contributed by atoms with E-state index < -0.39 is 5.41 Å². The van der Waals surface area contributed by atoms with E-state index in [0.29, 0.717) is 23.9 Å². The van der Waals surface area contributed by atoms with Gasteiger partial charge < -0.3 is 9.47 Å². The second-order valence-corrected chi connectivity index (χ2v) is 9.75. The quantitative estimate of drug-likeness (QED) is 0.665. The van der Waals surface area contributed by atoms with Gasteiger partial charge in [-0.3, -0.25) is 4.79 Å². The molecule has 26 heavy (non-hydrogen) atoms. The van der Waals surface area contributed by atoms with Gasteiger partial charge in [0, 0.05) is 18.6 Å². The van der Waals surface area contributed by atoms with Gasteiger partial charge in [-0.05, 0) is 61.5 Å². The van der Waals surface area contributed by atoms with Crippen molar-refractivity contribution in [3.8, 4) is 5.75 Å². The molecule has 0 radical (unpaired) electrons. The predicted molar refractivity (Wildman–Crippen MR) is 105 cm³/mol. The maximum atomic E-state index is 13.2. The molecular formula is C22H28O3S. The van der Waals surface area contributed by atoms with E-state index in [1.807, 2.05) is 31.2 Å². The van der Waals surface area contributed by atoms with Crippen LogP contribution in [0.4, 0.5) is 0 Å². The van der Waals surface area contributed by atoms with E-state index in [1.54, 1.807) is 0 Å². The molecule has 0 heterocycles. The molecule has 3 aliphatic rings. The van der Waals surface area contributed by atoms with E-state index in [9.17, 15) is 4.79 Å². The largest absolute Gasteiger partial charge is 0.452 e. The summed E-state index contributed by atoms with van der Waals surface area (Å²) in [5.74, 6) is 1.44. The number of thiocarbonyl (C=S) groups is 1. The molecule has 4 rings (SSSR count). The molecule has 140 valence electrons. The van der Waals surface area contributed by atoms with Crippen molar-refractivity contribution in [1.29, 1.82) is 0 Å². The monoisotopic (exact) mass is 372 g/mol. The highest BCUT2D eigenvalue weighted by Gasteiger charge is 2.75. The number of aryl methyl sites for hydroxylation is 1. The molecule has 0 N–H and O–H groups in total. The maximum Gasteiger partial charge on any atom is 0.358 e. The molecule has 1 aromatic rings. The second-order valence-electron chi connectivity index (χ2n) is 9.42. The third kappa shape index (κ3) is 2.37. The van der Waals surface area contributed by atoms with E-state index in [4.69, 9.17) is 21.7 Å². The molecule has 0 aromatic heterocycles. The number of carbonyl (C=O) groups excluding carboxylic acids is 1. The van der Waals surface area contributed by atoms with Crippen LogP contribution >= 0.6 is 12.2 Å². The molecule has 0 saturated heterocycles. The van der Waals surface area contributed by atoms with Crippen molar-refractivity contribution in [2.75, 3.05) is 0 Å². The van der Waals surface area contributed by atoms with Crippen molar-refractivity contribution in [3.63, 3.8) is 0 Å². The molecule has 3 aliphatic carbocycles. The lowest BCUT2D eigenvalue weighted by molar-refractivity contribution is -0.138. The highest BCUT2D eigenvalue weighted by atomic mass is 32.1. The van der Waals surface area contributed by atoms with Gasteiger partial charge in [0.15, 0.2) is 0 Å². The van der Waals surface area contributed by atoms with Crippen LogP contribution in [0.3, 0.4) is 0 Å². The van der Waals surface area contributed by atoms with Crippen molar-refractivity contribution in [2.24, 2.45) is 22.2 Å². The number of Topliss-reactive ketones (excluding diaryl/α,β-unsaturated/α-hetero) is 1. The molecular weight excluding hydrogens is 344 g/mol. The van der Waals surface area contributed by atoms with Gasteiger partial charge in [-0.2, -0.15) is 0 Å². The van der Waals surface area contributed by atoms with Crippen molar-refractivity contribution in [3.05, 3.63) is 29.8 Å². The van der Waals surface area contributed by atoms with Crippen LogP contribution in [0.15, 0.2) is 24.3 Å². The molecule has 1 aromatic carbocycles. The minimum absolute atomic E-state index is 0.0128. The van der Waals surface area contributed by atoms with Crippen molar-refractivity contribution in [2.45, 2.75) is 65.9 Å². The minimum Gasteiger partial charge on any atom is -0.452 e. The van der Waals surface area contributed by atoms with Crippen LogP contribution in [0, 0.1) is 29.1 Å². The standard InChI is InChI=1S/C22H28O3S/c1-14-5-7-15(8-6-14)24-19(26)25-18-11-12-21(4)13-20(2,3)16-9-10-17(23)22(16,18)21/h5-8,16,18H,9-13H2,1-4H3/t16-,18-,21+,22+/m0/s1. The summed E-state index contributed by atoms with van der Waals surface area (Å²) in [6.45, 7) is 8.97. The maximum absolute atomic E-state index is 13.2. The van der Waals surface area contributed by atoms with E-state index >= 15 is 0 Å². The Hall–Kier alpha value is -1.42. The van der Waals surface area contributed by atoms with Gasteiger partial charge in [-0.15, -0.1) is 0 Å². The first-order valence-corrected chi connectivity index (χ1v) is 10.1. The van der Waals surface area contributed by atoms with Gasteiger partial charge in [0.25, 0.3) is 0 Å². The highest BCUT2D eigenvalue weighted by molar-refractivity contribution is 7.79. The summed E-state index contributed by atoms with van der Waals surface area (Å²) < 4.78 is 11.9. The first-order chi connectivity index (χ1) is 12.2. The zero-order chi connectivity index (χ0) is 18.7. The number of benzene rings is 1. The second kappa shape index (κ2) is 5.79. The smallest absolute Gasteiger partial charge is 0.358 e. The van der Waals surface area contributed by atoms with E-state index in [2.05, 4.69) is 20.8 Å². The fourth-order valence-electron chi connectivity index (χ4n) is 6.70. The summed E-state index contributed by atoms with van der Waals surface area (Å²) in [7, 11) is 0. The average molecular weight is 373 g/mol. The third-order valence-corrected chi connectivity index (χ3v) is 7.57. The van der Waals surface area contributed by atoms with Crippen molar-refractivity contribution in [1.82, 2.24) is 0 Å². The lowest BCUT2D eigenvalue weighted by Gasteiger charge is -2.40. The molecule has 3 saturated carbocycles. The third-order valence-electron chi connectivity index (χ3n) is 7.39. The van der Waals surface area contributed by atoms with E-state index in [1.165, 1.54) is 5.56 Å². The number of ketones is 1. The SMILES string of the molecule is Cc1ccc(OC(=S)O[C@H]2CC[C@]3(C)CC(C)(C)[C@@H]4CCC(=O)[C@@]243)cc1. The molecule has 4 heteroatoms. The molecule has 0 amide bonds. The van der Waals surface area contributed by atoms with Gasteiger partial charge in [0.1, 0.15) is 17.6 Å². The average Bonchev–Trinajstić information content (AvgIpc) is 3.10. The zero-order valence-electron chi connectivity index (χ0n) is 16.1. The topological polar surface area (TPSA) is 35.5 Å². The fraction of sp³-hybridized carbons (Fsp3) is 0.636. The van der Waals surface area contributed by atoms with Gasteiger partial charge in [0.05, 0.1) is 5.41 Å². The molecule has 0 aliphatic heterocycles. The summed E-state index contributed by atoms with van der Waals surface area (Å²) >= 11 is 5.40. The fourth-order valence-corrected chi connectivity index (χ4v) is 6.92. The number of hydrogen-bond acceptors (Lipinski definition) is 4. The molecule has 3 fully saturated rings. The Balaban J connectivity index is 1.58. The number of hydrogen-bond donors (Lipinski definition) is 0. The predicted octanol–water partition coefficient (Wildman–Crippen LogP) is 5.24. The van der Waals surface area contributed by atoms with E-state index in [-0.39, 0.29) is 22.2 Å². The molecule has 1 spiro atoms. The summed E-state index contributed by atoms with van der Waals surface area (Å²) in [5.41, 5.74) is 0.959. The number of carbonyl (C=O) groups is 1. The Bertz CT molecular complexity index is 753. The van der Waals surface area contributed by atoms with Crippen LogP contribution in [-0.2, 0) is 9.53 Å². The first kappa shape index (κ1) is 18.0. The molecule has 4 atom stereocenters. The van der Waals surface area contributed by atoms with Crippen LogP contribution in [0.5, 0.6) is 5.75 Å². The van der Waals surface area contributed by atoms with Gasteiger partial charge in [-0.25, -0.2) is 0 Å². The summed E-state index contributed by atoms with van der Waals surface area (Å²) in [6, 6.07) is 7.76. The van der Waals surface area contributed by atoms with Crippen LogP contribution in [0.2, 0.25) is 0 Å². The Morgan fingerprint density at radius 3 is 2.54 bits per heavy atom. The Kier molecular flexibility index (Phi) is 4.00. The van der Waals surface area contributed by atoms with Crippen LogP contribution < -0.4 is 4.74 Å². The lowest BCUT2D eigenvalue weighted by atomic mass is 9.64. The van der Waals surface area contributed by atoms with Gasteiger partial charge in [-0.1, -0.05) is 38.5 Å². The van der Waals surface area contributed by atoms with Gasteiger partial charge >= 0.3 is 5.24 Å². The van der Waals surface area contributed by atoms with Crippen LogP contribution in [0.1, 0.15) is 58.4 Å². The van der Waals surface area contributed by atoms with Crippen LogP contribution in [0.25, 0.3) is 0 Å². The highest BCUT2D eigenvalue weighted by Crippen LogP contribution is 2.75. The van der Waals surface area contributed by atoms with Crippen molar-refractivity contribution < 1.29 is 14.3 Å². The Labute approximate surface area is 161 Å². The molecule has 0 unspecified atom stereocenters. The number of rotatable bonds is 2. The summed E-state index contributed by atoms with van der Waals surface area (Å²) in [4.78, 5) is 13.2. The van der Waals surface area contributed by atoms with Gasteiger partial charge in [0.2, 0.25) is 0 Å². The Morgan fingerprint density at radius 2 is 1.85 bits per heavy atom. The minimum atomic E-state index is -0.392. The normalized spacial score (nSPS) is 37.3. The molecule has 3 nitrogen and oxygen atoms in total. The lowest BCUT2D eigenvalue weighted by Crippen LogP contribution is -2.48.